The minimum absolute atomic E-state index is 0.0262. The topological polar surface area (TPSA) is 242 Å². The van der Waals surface area contributed by atoms with Crippen molar-refractivity contribution in [2.75, 3.05) is 14.2 Å². The summed E-state index contributed by atoms with van der Waals surface area (Å²) in [6.07, 6.45) is 0.616. The minimum atomic E-state index is -0.723. The Balaban J connectivity index is 0.000000281. The second kappa shape index (κ2) is 13.2. The molecule has 0 aliphatic carbocycles. The van der Waals surface area contributed by atoms with Crippen LogP contribution >= 0.6 is 0 Å². The van der Waals surface area contributed by atoms with Crippen LogP contribution in [0.2, 0.25) is 0 Å². The molecule has 0 saturated heterocycles. The maximum atomic E-state index is 10.5. The van der Waals surface area contributed by atoms with Crippen molar-refractivity contribution in [1.82, 2.24) is 0 Å². The summed E-state index contributed by atoms with van der Waals surface area (Å²) < 4.78 is 9.44. The maximum Gasteiger partial charge on any atom is 0.179 e. The van der Waals surface area contributed by atoms with E-state index >= 15 is 0 Å². The van der Waals surface area contributed by atoms with Gasteiger partial charge in [-0.3, -0.25) is 9.59 Å². The lowest BCUT2D eigenvalue weighted by atomic mass is 10.1. The van der Waals surface area contributed by atoms with Crippen molar-refractivity contribution >= 4 is 12.6 Å². The highest BCUT2D eigenvalue weighted by molar-refractivity contribution is 5.92. The Hall–Kier alpha value is -5.82. The fraction of sp³-hybridized carbons (Fsp3) is 0.0833. The molecule has 3 aromatic rings. The number of phenolic OH excluding ortho intramolecular Hbond substituents is 7. The van der Waals surface area contributed by atoms with Gasteiger partial charge in [0.05, 0.1) is 25.3 Å². The number of benzene rings is 3. The SMILES string of the molecule is COc1cc(C=O)c(O)c(C=O)c1O.COc1ccc(O)cc1O.N#Cc1cc(O)c(O)c(C#N)c1O. The Kier molecular flexibility index (Phi) is 10.4. The van der Waals surface area contributed by atoms with Crippen molar-refractivity contribution < 1.29 is 54.8 Å². The molecule has 0 radical (unpaired) electrons. The molecule has 0 amide bonds. The summed E-state index contributed by atoms with van der Waals surface area (Å²) in [5, 5.41) is 80.6. The monoisotopic (exact) mass is 512 g/mol. The van der Waals surface area contributed by atoms with E-state index in [1.807, 2.05) is 0 Å². The first-order valence-corrected chi connectivity index (χ1v) is 9.68. The minimum Gasteiger partial charge on any atom is -0.508 e. The van der Waals surface area contributed by atoms with Crippen LogP contribution in [-0.2, 0) is 0 Å². The average Bonchev–Trinajstić information content (AvgIpc) is 2.88. The van der Waals surface area contributed by atoms with Gasteiger partial charge in [-0.05, 0) is 18.2 Å². The van der Waals surface area contributed by atoms with Crippen LogP contribution in [0.1, 0.15) is 31.8 Å². The molecule has 0 spiro atoms. The van der Waals surface area contributed by atoms with E-state index in [2.05, 4.69) is 0 Å². The first kappa shape index (κ1) is 29.2. The van der Waals surface area contributed by atoms with Gasteiger partial charge in [-0.2, -0.15) is 10.5 Å². The molecule has 0 unspecified atom stereocenters. The second-order valence-corrected chi connectivity index (χ2v) is 6.61. The second-order valence-electron chi connectivity index (χ2n) is 6.61. The van der Waals surface area contributed by atoms with Gasteiger partial charge < -0.3 is 45.2 Å². The number of phenols is 7. The molecule has 0 fully saturated rings. The number of hydrogen-bond donors (Lipinski definition) is 7. The third kappa shape index (κ3) is 6.84. The van der Waals surface area contributed by atoms with E-state index < -0.39 is 34.3 Å². The van der Waals surface area contributed by atoms with Gasteiger partial charge in [-0.15, -0.1) is 0 Å². The number of nitriles is 2. The van der Waals surface area contributed by atoms with Crippen LogP contribution < -0.4 is 9.47 Å². The van der Waals surface area contributed by atoms with Gasteiger partial charge in [0.1, 0.15) is 34.8 Å². The van der Waals surface area contributed by atoms with E-state index in [0.717, 1.165) is 12.1 Å². The number of carbonyl (C=O) groups is 2. The van der Waals surface area contributed by atoms with Gasteiger partial charge in [-0.1, -0.05) is 0 Å². The molecule has 13 heteroatoms. The smallest absolute Gasteiger partial charge is 0.179 e. The van der Waals surface area contributed by atoms with Gasteiger partial charge in [0.25, 0.3) is 0 Å². The number of hydrogen-bond acceptors (Lipinski definition) is 13. The van der Waals surface area contributed by atoms with Gasteiger partial charge in [-0.25, -0.2) is 0 Å². The molecule has 3 rings (SSSR count). The third-order valence-corrected chi connectivity index (χ3v) is 4.42. The van der Waals surface area contributed by atoms with Crippen molar-refractivity contribution in [3.8, 4) is 63.9 Å². The van der Waals surface area contributed by atoms with Crippen molar-refractivity contribution in [2.24, 2.45) is 0 Å². The number of rotatable bonds is 4. The van der Waals surface area contributed by atoms with Crippen LogP contribution in [0.15, 0.2) is 30.3 Å². The van der Waals surface area contributed by atoms with Crippen molar-refractivity contribution in [3.63, 3.8) is 0 Å². The van der Waals surface area contributed by atoms with E-state index in [1.165, 1.54) is 38.5 Å². The molecule has 7 N–H and O–H groups in total. The van der Waals surface area contributed by atoms with Gasteiger partial charge in [0, 0.05) is 12.1 Å². The van der Waals surface area contributed by atoms with Crippen LogP contribution in [0.3, 0.4) is 0 Å². The number of ether oxygens (including phenoxy) is 2. The number of methoxy groups -OCH3 is 2. The predicted molar refractivity (Wildman–Crippen MR) is 124 cm³/mol. The summed E-state index contributed by atoms with van der Waals surface area (Å²) in [5.74, 6) is -2.69. The molecule has 0 aliphatic heterocycles. The number of aromatic hydroxyl groups is 7. The highest BCUT2D eigenvalue weighted by Crippen LogP contribution is 2.38. The number of carbonyl (C=O) groups excluding carboxylic acids is 2. The van der Waals surface area contributed by atoms with E-state index in [-0.39, 0.29) is 40.2 Å². The molecular weight excluding hydrogens is 492 g/mol. The van der Waals surface area contributed by atoms with E-state index in [1.54, 1.807) is 6.07 Å². The van der Waals surface area contributed by atoms with Crippen molar-refractivity contribution in [3.05, 3.63) is 52.6 Å². The lowest BCUT2D eigenvalue weighted by Crippen LogP contribution is -1.93. The molecule has 0 saturated carbocycles. The van der Waals surface area contributed by atoms with Gasteiger partial charge >= 0.3 is 0 Å². The Labute approximate surface area is 209 Å². The maximum absolute atomic E-state index is 10.5. The van der Waals surface area contributed by atoms with E-state index in [9.17, 15) is 24.9 Å². The van der Waals surface area contributed by atoms with Crippen LogP contribution in [0.4, 0.5) is 0 Å². The summed E-state index contributed by atoms with van der Waals surface area (Å²) in [6.45, 7) is 0. The summed E-state index contributed by atoms with van der Waals surface area (Å²) in [5.41, 5.74) is -1.23. The zero-order chi connectivity index (χ0) is 28.3. The van der Waals surface area contributed by atoms with Crippen molar-refractivity contribution in [1.29, 1.82) is 10.5 Å². The Morgan fingerprint density at radius 1 is 0.703 bits per heavy atom. The normalized spacial score (nSPS) is 9.19. The fourth-order valence-corrected chi connectivity index (χ4v) is 2.55. The fourth-order valence-electron chi connectivity index (χ4n) is 2.55. The number of nitrogens with zero attached hydrogens (tertiary/aromatic N) is 2. The Morgan fingerprint density at radius 3 is 1.78 bits per heavy atom. The Morgan fingerprint density at radius 2 is 1.32 bits per heavy atom. The highest BCUT2D eigenvalue weighted by Gasteiger charge is 2.17. The molecule has 0 bridgehead atoms. The van der Waals surface area contributed by atoms with Crippen LogP contribution in [0, 0.1) is 22.7 Å². The Bertz CT molecular complexity index is 1390. The van der Waals surface area contributed by atoms with Gasteiger partial charge in [0.2, 0.25) is 0 Å². The first-order valence-electron chi connectivity index (χ1n) is 9.68. The standard InChI is InChI=1S/C9H8O5.C8H4N2O3.C7H8O3/c1-14-7-2-5(3-10)8(12)6(4-11)9(7)13;9-2-4-1-6(11)8(13)5(3-10)7(4)12;1-10-7-3-2-5(8)4-6(7)9/h2-4,12-13H,1H3;1,11-13H;2-4,8-9H,1H3. The molecular formula is C24H20N2O11. The molecule has 0 heterocycles. The zero-order valence-electron chi connectivity index (χ0n) is 19.2. The lowest BCUT2D eigenvalue weighted by molar-refractivity contribution is 0.111. The van der Waals surface area contributed by atoms with E-state index in [0.29, 0.717) is 12.0 Å². The van der Waals surface area contributed by atoms with E-state index in [4.69, 9.17) is 40.4 Å². The van der Waals surface area contributed by atoms with Crippen LogP contribution in [-0.4, -0.2) is 62.5 Å². The predicted octanol–water partition coefficient (Wildman–Crippen LogP) is 2.38. The summed E-state index contributed by atoms with van der Waals surface area (Å²) >= 11 is 0. The molecule has 0 atom stereocenters. The van der Waals surface area contributed by atoms with Crippen LogP contribution in [0.5, 0.6) is 51.7 Å². The summed E-state index contributed by atoms with van der Waals surface area (Å²) in [6, 6.07) is 9.21. The zero-order valence-corrected chi connectivity index (χ0v) is 19.2. The van der Waals surface area contributed by atoms with Crippen LogP contribution in [0.25, 0.3) is 0 Å². The lowest BCUT2D eigenvalue weighted by Gasteiger charge is -2.08. The van der Waals surface area contributed by atoms with Gasteiger partial charge in [0.15, 0.2) is 52.8 Å². The largest absolute Gasteiger partial charge is 0.508 e. The first-order chi connectivity index (χ1) is 17.5. The average molecular weight is 512 g/mol. The highest BCUT2D eigenvalue weighted by atomic mass is 16.5. The molecule has 0 aromatic heterocycles. The molecule has 13 nitrogen and oxygen atoms in total. The molecule has 0 aliphatic rings. The summed E-state index contributed by atoms with van der Waals surface area (Å²) in [7, 11) is 2.72. The summed E-state index contributed by atoms with van der Waals surface area (Å²) in [4.78, 5) is 21.0. The number of aldehydes is 2. The molecule has 37 heavy (non-hydrogen) atoms. The third-order valence-electron chi connectivity index (χ3n) is 4.42. The quantitative estimate of drug-likeness (QED) is 0.151. The van der Waals surface area contributed by atoms with Crippen molar-refractivity contribution in [2.45, 2.75) is 0 Å². The molecule has 192 valence electrons. The molecule has 3 aromatic carbocycles.